The van der Waals surface area contributed by atoms with Crippen molar-refractivity contribution in [2.75, 3.05) is 6.54 Å². The summed E-state index contributed by atoms with van der Waals surface area (Å²) in [6.07, 6.45) is 5.27. The quantitative estimate of drug-likeness (QED) is 0.864. The highest BCUT2D eigenvalue weighted by Gasteiger charge is 2.11. The van der Waals surface area contributed by atoms with Crippen molar-refractivity contribution in [2.45, 2.75) is 45.3 Å². The summed E-state index contributed by atoms with van der Waals surface area (Å²) in [7, 11) is 0. The lowest BCUT2D eigenvalue weighted by molar-refractivity contribution is 0.216. The molecule has 0 saturated heterocycles. The molecule has 1 N–H and O–H groups in total. The molecule has 1 aliphatic carbocycles. The largest absolute Gasteiger partial charge is 0.489 e. The van der Waals surface area contributed by atoms with Crippen LogP contribution >= 0.6 is 11.3 Å². The maximum absolute atomic E-state index is 6.04. The summed E-state index contributed by atoms with van der Waals surface area (Å²) < 4.78 is 6.04. The maximum Gasteiger partial charge on any atom is 0.120 e. The summed E-state index contributed by atoms with van der Waals surface area (Å²) in [6.45, 7) is 3.92. The van der Waals surface area contributed by atoms with Crippen LogP contribution in [0, 0.1) is 0 Å². The molecule has 3 rings (SSSR count). The zero-order valence-electron chi connectivity index (χ0n) is 12.6. The monoisotopic (exact) mass is 301 g/mol. The van der Waals surface area contributed by atoms with E-state index in [1.807, 2.05) is 0 Å². The van der Waals surface area contributed by atoms with Crippen LogP contribution in [0.2, 0.25) is 0 Å². The van der Waals surface area contributed by atoms with E-state index >= 15 is 0 Å². The van der Waals surface area contributed by atoms with E-state index in [-0.39, 0.29) is 6.10 Å². The van der Waals surface area contributed by atoms with Gasteiger partial charge in [-0.1, -0.05) is 12.1 Å². The van der Waals surface area contributed by atoms with Gasteiger partial charge in [0.05, 0.1) is 0 Å². The van der Waals surface area contributed by atoms with Crippen molar-refractivity contribution >= 4 is 11.3 Å². The van der Waals surface area contributed by atoms with Crippen LogP contribution in [-0.2, 0) is 19.4 Å². The van der Waals surface area contributed by atoms with E-state index in [2.05, 4.69) is 48.0 Å². The molecule has 2 aromatic rings. The lowest BCUT2D eigenvalue weighted by Gasteiger charge is -2.19. The molecule has 1 aromatic heterocycles. The van der Waals surface area contributed by atoms with Gasteiger partial charge < -0.3 is 10.1 Å². The molecule has 1 aliphatic rings. The van der Waals surface area contributed by atoms with Gasteiger partial charge in [0.25, 0.3) is 0 Å². The molecule has 1 atom stereocenters. The summed E-state index contributed by atoms with van der Waals surface area (Å²) in [5.74, 6) is 1.01. The van der Waals surface area contributed by atoms with Crippen LogP contribution in [0.5, 0.6) is 5.75 Å². The van der Waals surface area contributed by atoms with E-state index in [9.17, 15) is 0 Å². The van der Waals surface area contributed by atoms with Crippen LogP contribution in [-0.4, -0.2) is 12.6 Å². The van der Waals surface area contributed by atoms with Crippen molar-refractivity contribution in [1.82, 2.24) is 5.32 Å². The highest BCUT2D eigenvalue weighted by molar-refractivity contribution is 7.09. The van der Waals surface area contributed by atoms with Crippen molar-refractivity contribution in [2.24, 2.45) is 0 Å². The fourth-order valence-electron chi connectivity index (χ4n) is 2.87. The SMILES string of the molecule is CC(CNCc1cccs1)Oc1ccc2c(c1)CCCC2. The number of thiophene rings is 1. The molecule has 1 aromatic carbocycles. The predicted octanol–water partition coefficient (Wildman–Crippen LogP) is 4.18. The fraction of sp³-hybridized carbons (Fsp3) is 0.444. The fourth-order valence-corrected chi connectivity index (χ4v) is 3.54. The first-order valence-electron chi connectivity index (χ1n) is 7.83. The van der Waals surface area contributed by atoms with Crippen LogP contribution in [0.25, 0.3) is 0 Å². The Hall–Kier alpha value is -1.32. The average molecular weight is 301 g/mol. The van der Waals surface area contributed by atoms with Crippen LogP contribution in [0.1, 0.15) is 35.8 Å². The second kappa shape index (κ2) is 7.10. The third-order valence-electron chi connectivity index (χ3n) is 3.97. The number of ether oxygens (including phenoxy) is 1. The molecule has 0 aliphatic heterocycles. The summed E-state index contributed by atoms with van der Waals surface area (Å²) in [6, 6.07) is 10.9. The van der Waals surface area contributed by atoms with Gasteiger partial charge in [0.15, 0.2) is 0 Å². The van der Waals surface area contributed by atoms with Gasteiger partial charge in [-0.15, -0.1) is 11.3 Å². The number of rotatable bonds is 6. The Balaban J connectivity index is 1.49. The first kappa shape index (κ1) is 14.6. The lowest BCUT2D eigenvalue weighted by Crippen LogP contribution is -2.28. The lowest BCUT2D eigenvalue weighted by atomic mass is 9.92. The Bertz CT molecular complexity index is 565. The molecule has 1 heterocycles. The van der Waals surface area contributed by atoms with E-state index in [0.29, 0.717) is 0 Å². The number of fused-ring (bicyclic) bond motifs is 1. The summed E-state index contributed by atoms with van der Waals surface area (Å²) in [5.41, 5.74) is 2.99. The summed E-state index contributed by atoms with van der Waals surface area (Å²) >= 11 is 1.79. The molecule has 0 spiro atoms. The number of hydrogen-bond donors (Lipinski definition) is 1. The van der Waals surface area contributed by atoms with Crippen LogP contribution in [0.15, 0.2) is 35.7 Å². The highest BCUT2D eigenvalue weighted by Crippen LogP contribution is 2.25. The van der Waals surface area contributed by atoms with E-state index in [4.69, 9.17) is 4.74 Å². The van der Waals surface area contributed by atoms with Crippen molar-refractivity contribution in [3.63, 3.8) is 0 Å². The molecule has 21 heavy (non-hydrogen) atoms. The second-order valence-corrected chi connectivity index (χ2v) is 6.81. The molecule has 1 unspecified atom stereocenters. The molecular weight excluding hydrogens is 278 g/mol. The Morgan fingerprint density at radius 2 is 2.05 bits per heavy atom. The van der Waals surface area contributed by atoms with Crippen LogP contribution in [0.3, 0.4) is 0 Å². The van der Waals surface area contributed by atoms with Gasteiger partial charge in [-0.3, -0.25) is 0 Å². The normalized spacial score (nSPS) is 15.5. The predicted molar refractivity (Wildman–Crippen MR) is 89.2 cm³/mol. The second-order valence-electron chi connectivity index (χ2n) is 5.78. The van der Waals surface area contributed by atoms with Gasteiger partial charge in [-0.25, -0.2) is 0 Å². The molecule has 0 amide bonds. The zero-order valence-corrected chi connectivity index (χ0v) is 13.4. The van der Waals surface area contributed by atoms with Gasteiger partial charge in [-0.2, -0.15) is 0 Å². The molecule has 112 valence electrons. The number of nitrogens with one attached hydrogen (secondary N) is 1. The molecule has 0 radical (unpaired) electrons. The smallest absolute Gasteiger partial charge is 0.120 e. The molecular formula is C18H23NOS. The number of aryl methyl sites for hydroxylation is 2. The molecule has 0 bridgehead atoms. The van der Waals surface area contributed by atoms with Gasteiger partial charge in [0, 0.05) is 18.0 Å². The van der Waals surface area contributed by atoms with Gasteiger partial charge >= 0.3 is 0 Å². The van der Waals surface area contributed by atoms with Gasteiger partial charge in [-0.05, 0) is 67.3 Å². The van der Waals surface area contributed by atoms with Crippen molar-refractivity contribution in [1.29, 1.82) is 0 Å². The van der Waals surface area contributed by atoms with Gasteiger partial charge in [0.2, 0.25) is 0 Å². The number of benzene rings is 1. The summed E-state index contributed by atoms with van der Waals surface area (Å²) in [4.78, 5) is 1.37. The highest BCUT2D eigenvalue weighted by atomic mass is 32.1. The minimum absolute atomic E-state index is 0.187. The van der Waals surface area contributed by atoms with E-state index in [1.165, 1.54) is 41.7 Å². The minimum atomic E-state index is 0.187. The van der Waals surface area contributed by atoms with E-state index in [1.54, 1.807) is 11.3 Å². The van der Waals surface area contributed by atoms with Crippen LogP contribution < -0.4 is 10.1 Å². The van der Waals surface area contributed by atoms with E-state index in [0.717, 1.165) is 18.8 Å². The standard InChI is InChI=1S/C18H23NOS/c1-14(12-19-13-18-7-4-10-21-18)20-17-9-8-15-5-2-3-6-16(15)11-17/h4,7-11,14,19H,2-3,5-6,12-13H2,1H3. The topological polar surface area (TPSA) is 21.3 Å². The first-order chi connectivity index (χ1) is 10.3. The average Bonchev–Trinajstić information content (AvgIpc) is 3.00. The molecule has 3 heteroatoms. The van der Waals surface area contributed by atoms with Crippen LogP contribution in [0.4, 0.5) is 0 Å². The van der Waals surface area contributed by atoms with Crippen molar-refractivity contribution in [3.05, 3.63) is 51.7 Å². The Morgan fingerprint density at radius 1 is 1.19 bits per heavy atom. The first-order valence-corrected chi connectivity index (χ1v) is 8.71. The third-order valence-corrected chi connectivity index (χ3v) is 4.84. The molecule has 0 fully saturated rings. The third kappa shape index (κ3) is 4.08. The Morgan fingerprint density at radius 3 is 2.86 bits per heavy atom. The number of hydrogen-bond acceptors (Lipinski definition) is 3. The summed E-state index contributed by atoms with van der Waals surface area (Å²) in [5, 5.41) is 5.57. The van der Waals surface area contributed by atoms with Crippen molar-refractivity contribution < 1.29 is 4.74 Å². The molecule has 0 saturated carbocycles. The Labute approximate surface area is 131 Å². The Kier molecular flexibility index (Phi) is 4.94. The van der Waals surface area contributed by atoms with E-state index < -0.39 is 0 Å². The molecule has 2 nitrogen and oxygen atoms in total. The van der Waals surface area contributed by atoms with Crippen molar-refractivity contribution in [3.8, 4) is 5.75 Å². The maximum atomic E-state index is 6.04. The minimum Gasteiger partial charge on any atom is -0.489 e. The van der Waals surface area contributed by atoms with Gasteiger partial charge in [0.1, 0.15) is 11.9 Å². The zero-order chi connectivity index (χ0) is 14.5.